The predicted molar refractivity (Wildman–Crippen MR) is 280 cm³/mol. The summed E-state index contributed by atoms with van der Waals surface area (Å²) in [5.74, 6) is 10.9. The monoisotopic (exact) mass is 949 g/mol. The van der Waals surface area contributed by atoms with Gasteiger partial charge >= 0.3 is 5.97 Å². The number of carbonyl (C=O) groups excluding carboxylic acids is 2. The smallest absolute Gasteiger partial charge is 0.330 e. The van der Waals surface area contributed by atoms with Crippen molar-refractivity contribution in [3.63, 3.8) is 0 Å². The van der Waals surface area contributed by atoms with Crippen molar-refractivity contribution in [3.8, 4) is 0 Å². The molecule has 8 aliphatic carbocycles. The van der Waals surface area contributed by atoms with Crippen molar-refractivity contribution in [3.05, 3.63) is 12.2 Å². The van der Waals surface area contributed by atoms with E-state index in [0.29, 0.717) is 75.3 Å². The lowest BCUT2D eigenvalue weighted by molar-refractivity contribution is -0.193. The molecule has 7 heteroatoms. The molecule has 8 fully saturated rings. The van der Waals surface area contributed by atoms with E-state index in [-0.39, 0.29) is 11.9 Å². The minimum absolute atomic E-state index is 0.201. The van der Waals surface area contributed by atoms with Gasteiger partial charge < -0.3 is 18.4 Å². The Morgan fingerprint density at radius 3 is 1.32 bits per heavy atom. The highest BCUT2D eigenvalue weighted by Gasteiger charge is 2.67. The molecule has 0 aromatic rings. The molecule has 8 rings (SSSR count). The van der Waals surface area contributed by atoms with E-state index in [0.717, 1.165) is 47.3 Å². The molecule has 0 heterocycles. The van der Waals surface area contributed by atoms with Crippen LogP contribution in [0, 0.1) is 116 Å². The SMILES string of the molecule is CC[C@H]1[C@@H](O[Si](C)(C)C)[C@@H]2[C@H](CC[C@]3(C)[C@@H]([C@H](C)/C=C/C(=O)OC)CC[C@@H]23)[C@@]2(C)CC[C@@H](C)C[C@@H]12.CC[C@H]1[C@@H](O[Si](C)(C)C)[C@@H]2[C@H](CC[C@]3(C)[C@@H]([C@H](C)C=O)CC[C@@H]23)[C@@]2(C)CC[C@@H](C)C[C@@H]12. The van der Waals surface area contributed by atoms with Crippen molar-refractivity contribution in [1.82, 2.24) is 0 Å². The minimum atomic E-state index is -1.68. The topological polar surface area (TPSA) is 61.8 Å². The van der Waals surface area contributed by atoms with E-state index < -0.39 is 16.6 Å². The lowest BCUT2D eigenvalue weighted by Gasteiger charge is -2.66. The van der Waals surface area contributed by atoms with Crippen LogP contribution < -0.4 is 0 Å². The van der Waals surface area contributed by atoms with E-state index in [1.54, 1.807) is 6.08 Å². The largest absolute Gasteiger partial charge is 0.466 e. The molecule has 8 aliphatic rings. The zero-order valence-corrected chi connectivity index (χ0v) is 48.0. The Morgan fingerprint density at radius 2 is 0.955 bits per heavy atom. The van der Waals surface area contributed by atoms with Crippen molar-refractivity contribution in [1.29, 1.82) is 0 Å². The first-order valence-electron chi connectivity index (χ1n) is 28.4. The van der Waals surface area contributed by atoms with Crippen molar-refractivity contribution in [2.24, 2.45) is 116 Å². The highest BCUT2D eigenvalue weighted by molar-refractivity contribution is 6.70. The van der Waals surface area contributed by atoms with Gasteiger partial charge in [-0.2, -0.15) is 0 Å². The summed E-state index contributed by atoms with van der Waals surface area (Å²) < 4.78 is 19.4. The normalized spacial score (nSPS) is 48.6. The Kier molecular flexibility index (Phi) is 15.8. The Balaban J connectivity index is 0.000000198. The van der Waals surface area contributed by atoms with E-state index in [4.69, 9.17) is 13.6 Å². The number of rotatable bonds is 11. The van der Waals surface area contributed by atoms with Crippen LogP contribution in [0.4, 0.5) is 0 Å². The molecule has 0 aliphatic heterocycles. The van der Waals surface area contributed by atoms with Crippen molar-refractivity contribution >= 4 is 28.9 Å². The number of hydrogen-bond acceptors (Lipinski definition) is 5. The second kappa shape index (κ2) is 19.7. The Labute approximate surface area is 409 Å². The fourth-order valence-corrected chi connectivity index (χ4v) is 22.1. The molecule has 0 amide bonds. The van der Waals surface area contributed by atoms with Gasteiger partial charge in [-0.15, -0.1) is 0 Å². The number of allylic oxidation sites excluding steroid dienone is 1. The van der Waals surface area contributed by atoms with Crippen LogP contribution in [0.25, 0.3) is 0 Å². The summed E-state index contributed by atoms with van der Waals surface area (Å²) in [4.78, 5) is 23.6. The van der Waals surface area contributed by atoms with Crippen LogP contribution in [0.15, 0.2) is 12.2 Å². The first kappa shape index (κ1) is 53.0. The zero-order chi connectivity index (χ0) is 48.5. The van der Waals surface area contributed by atoms with Crippen LogP contribution in [0.5, 0.6) is 0 Å². The molecule has 378 valence electrons. The summed E-state index contributed by atoms with van der Waals surface area (Å²) in [7, 11) is -1.85. The molecule has 0 unspecified atom stereocenters. The third kappa shape index (κ3) is 9.54. The zero-order valence-electron chi connectivity index (χ0n) is 46.0. The third-order valence-electron chi connectivity index (χ3n) is 22.6. The second-order valence-corrected chi connectivity index (χ2v) is 37.2. The average Bonchev–Trinajstić information content (AvgIpc) is 3.79. The van der Waals surface area contributed by atoms with Crippen molar-refractivity contribution < 1.29 is 23.2 Å². The maximum atomic E-state index is 11.8. The predicted octanol–water partition coefficient (Wildman–Crippen LogP) is 15.7. The number of carbonyl (C=O) groups is 2. The van der Waals surface area contributed by atoms with Crippen LogP contribution >= 0.6 is 0 Å². The summed E-state index contributed by atoms with van der Waals surface area (Å²) in [6, 6.07) is 0. The van der Waals surface area contributed by atoms with Gasteiger partial charge in [-0.05, 0) is 227 Å². The van der Waals surface area contributed by atoms with E-state index in [9.17, 15) is 9.59 Å². The second-order valence-electron chi connectivity index (χ2n) is 28.3. The van der Waals surface area contributed by atoms with Crippen LogP contribution in [-0.4, -0.2) is 48.2 Å². The van der Waals surface area contributed by atoms with E-state index in [1.165, 1.54) is 116 Å². The molecule has 8 saturated carbocycles. The minimum Gasteiger partial charge on any atom is -0.466 e. The van der Waals surface area contributed by atoms with E-state index in [1.807, 2.05) is 0 Å². The van der Waals surface area contributed by atoms with E-state index in [2.05, 4.69) is 115 Å². The molecule has 0 aromatic carbocycles. The molecule has 0 N–H and O–H groups in total. The summed E-state index contributed by atoms with van der Waals surface area (Å²) in [6.07, 6.45) is 27.5. The Hall–Kier alpha value is -0.766. The van der Waals surface area contributed by atoms with Gasteiger partial charge in [0.1, 0.15) is 6.29 Å². The molecular weight excluding hydrogens is 845 g/mol. The van der Waals surface area contributed by atoms with Crippen LogP contribution in [0.2, 0.25) is 39.3 Å². The molecule has 0 saturated heterocycles. The molecule has 66 heavy (non-hydrogen) atoms. The van der Waals surface area contributed by atoms with Gasteiger partial charge in [-0.25, -0.2) is 4.79 Å². The lowest BCUT2D eigenvalue weighted by Crippen LogP contribution is -2.63. The summed E-state index contributed by atoms with van der Waals surface area (Å²) >= 11 is 0. The molecule has 0 spiro atoms. The highest BCUT2D eigenvalue weighted by Crippen LogP contribution is 2.72. The fraction of sp³-hybridized carbons (Fsp3) is 0.932. The molecule has 0 radical (unpaired) electrons. The van der Waals surface area contributed by atoms with Gasteiger partial charge in [0, 0.05) is 12.0 Å². The van der Waals surface area contributed by atoms with Crippen LogP contribution in [0.1, 0.15) is 172 Å². The Morgan fingerprint density at radius 1 is 0.576 bits per heavy atom. The summed E-state index contributed by atoms with van der Waals surface area (Å²) in [6.45, 7) is 39.4. The molecule has 5 nitrogen and oxygen atoms in total. The number of hydrogen-bond donors (Lipinski definition) is 0. The first-order valence-corrected chi connectivity index (χ1v) is 35.2. The maximum Gasteiger partial charge on any atom is 0.330 e. The number of esters is 1. The third-order valence-corrected chi connectivity index (χ3v) is 24.6. The quantitative estimate of drug-likeness (QED) is 0.0894. The first-order chi connectivity index (χ1) is 30.8. The molecule has 0 bridgehead atoms. The Bertz CT molecular complexity index is 1720. The van der Waals surface area contributed by atoms with Gasteiger partial charge in [-0.3, -0.25) is 0 Å². The van der Waals surface area contributed by atoms with Gasteiger partial charge in [0.05, 0.1) is 19.3 Å². The van der Waals surface area contributed by atoms with Gasteiger partial charge in [0.2, 0.25) is 0 Å². The van der Waals surface area contributed by atoms with Crippen molar-refractivity contribution in [2.75, 3.05) is 7.11 Å². The summed E-state index contributed by atoms with van der Waals surface area (Å²) in [5, 5.41) is 0. The van der Waals surface area contributed by atoms with Gasteiger partial charge in [0.15, 0.2) is 16.6 Å². The maximum absolute atomic E-state index is 11.8. The molecule has 22 atom stereocenters. The number of fused-ring (bicyclic) bond motifs is 10. The van der Waals surface area contributed by atoms with Gasteiger partial charge in [-0.1, -0.05) is 101 Å². The van der Waals surface area contributed by atoms with Crippen LogP contribution in [0.3, 0.4) is 0 Å². The van der Waals surface area contributed by atoms with E-state index >= 15 is 0 Å². The summed E-state index contributed by atoms with van der Waals surface area (Å²) in [5.41, 5.74) is 1.64. The highest BCUT2D eigenvalue weighted by atomic mass is 28.4. The lowest BCUT2D eigenvalue weighted by atomic mass is 9.41. The number of aldehydes is 1. The number of methoxy groups -OCH3 is 1. The number of ether oxygens (including phenoxy) is 1. The fourth-order valence-electron chi connectivity index (χ4n) is 19.8. The van der Waals surface area contributed by atoms with Crippen LogP contribution in [-0.2, 0) is 23.2 Å². The molecular formula is C59H104O5Si2. The molecule has 0 aromatic heterocycles. The van der Waals surface area contributed by atoms with Crippen molar-refractivity contribution in [2.45, 2.75) is 223 Å². The standard InChI is InChI=1S/C31H54O3Si.C28H50O2Si/c1-10-22-26-19-20(2)15-17-31(26,5)25-16-18-30(4)23(21(3)11-14-27(32)33-6)12-13-24(30)28(25)29(22)34-35(7,8)9;1-9-20-24-16-18(2)12-14-28(24,5)23-13-15-27(4)21(19(3)17-29)10-11-22(27)25(23)26(20)30-31(6,7)8/h11,14,20-26,28-29H,10,12-13,15-19H2,1-9H3;17-26H,9-16H2,1-8H3/b14-11+;/t20-,21-,22-,23-,24+,25+,26+,28+,29-,30-,31-;18-,19-,20-,21-,22+,23+,24+,25+,26-,27-,28-/m11/s1. The average molecular weight is 950 g/mol. The van der Waals surface area contributed by atoms with Gasteiger partial charge in [0.25, 0.3) is 0 Å².